The molecule has 3 aromatic rings. The summed E-state index contributed by atoms with van der Waals surface area (Å²) in [6.45, 7) is 0. The summed E-state index contributed by atoms with van der Waals surface area (Å²) in [5, 5.41) is 19.9. The number of hydrogen-bond acceptors (Lipinski definition) is 4. The minimum atomic E-state index is -1.09. The summed E-state index contributed by atoms with van der Waals surface area (Å²) < 4.78 is 5.30. The molecule has 0 unspecified atom stereocenters. The average molecular weight is 296 g/mol. The van der Waals surface area contributed by atoms with E-state index in [1.165, 1.54) is 12.3 Å². The third-order valence-electron chi connectivity index (χ3n) is 3.40. The topological polar surface area (TPSA) is 87.7 Å². The Bertz CT molecular complexity index is 861. The molecule has 0 atom stereocenters. The Labute approximate surface area is 125 Å². The van der Waals surface area contributed by atoms with Crippen LogP contribution < -0.4 is 0 Å². The Balaban J connectivity index is 2.23. The molecule has 0 amide bonds. The predicted molar refractivity (Wildman–Crippen MR) is 79.1 cm³/mol. The summed E-state index contributed by atoms with van der Waals surface area (Å²) in [5.41, 5.74) is 0.814. The molecule has 0 aliphatic rings. The molecule has 0 saturated heterocycles. The van der Waals surface area contributed by atoms with Crippen LogP contribution in [0, 0.1) is 0 Å². The quantitative estimate of drug-likeness (QED) is 0.723. The maximum absolute atomic E-state index is 12.6. The molecule has 0 bridgehead atoms. The van der Waals surface area contributed by atoms with Gasteiger partial charge >= 0.3 is 5.97 Å². The van der Waals surface area contributed by atoms with E-state index in [2.05, 4.69) is 0 Å². The van der Waals surface area contributed by atoms with E-state index in [9.17, 15) is 14.7 Å². The summed E-state index contributed by atoms with van der Waals surface area (Å²) in [4.78, 5) is 23.6. The van der Waals surface area contributed by atoms with Crippen LogP contribution in [0.15, 0.2) is 53.1 Å². The van der Waals surface area contributed by atoms with Crippen LogP contribution in [0.1, 0.15) is 21.5 Å². The van der Waals surface area contributed by atoms with Crippen LogP contribution in [0.5, 0.6) is 5.75 Å². The number of carboxylic acid groups (broad SMARTS) is 1. The zero-order valence-electron chi connectivity index (χ0n) is 11.4. The molecule has 2 N–H and O–H groups in total. The first-order chi connectivity index (χ1) is 10.6. The summed E-state index contributed by atoms with van der Waals surface area (Å²) in [6.07, 6.45) is 1.03. The van der Waals surface area contributed by atoms with E-state index < -0.39 is 11.8 Å². The number of aliphatic carboxylic acids is 1. The zero-order chi connectivity index (χ0) is 15.7. The molecule has 3 rings (SSSR count). The number of carboxylic acids is 1. The molecule has 0 aliphatic carbocycles. The van der Waals surface area contributed by atoms with Crippen molar-refractivity contribution in [2.24, 2.45) is 0 Å². The smallest absolute Gasteiger partial charge is 0.307 e. The summed E-state index contributed by atoms with van der Waals surface area (Å²) in [7, 11) is 0. The van der Waals surface area contributed by atoms with Gasteiger partial charge in [0, 0.05) is 16.5 Å². The number of benzene rings is 2. The highest BCUT2D eigenvalue weighted by molar-refractivity contribution is 6.17. The Morgan fingerprint density at radius 1 is 1.09 bits per heavy atom. The lowest BCUT2D eigenvalue weighted by Crippen LogP contribution is -2.06. The van der Waals surface area contributed by atoms with Crippen LogP contribution in [0.4, 0.5) is 0 Å². The van der Waals surface area contributed by atoms with Gasteiger partial charge in [0.15, 0.2) is 0 Å². The highest BCUT2D eigenvalue weighted by Crippen LogP contribution is 2.34. The minimum Gasteiger partial charge on any atom is -0.507 e. The number of ketones is 1. The van der Waals surface area contributed by atoms with Crippen molar-refractivity contribution in [1.82, 2.24) is 0 Å². The highest BCUT2D eigenvalue weighted by Gasteiger charge is 2.23. The number of phenols is 1. The fourth-order valence-corrected chi connectivity index (χ4v) is 2.40. The molecule has 0 fully saturated rings. The van der Waals surface area contributed by atoms with Crippen molar-refractivity contribution in [3.8, 4) is 5.75 Å². The SMILES string of the molecule is O=C(O)Cc1cc2ccoc2c(C(=O)c2ccccc2)c1O. The lowest BCUT2D eigenvalue weighted by atomic mass is 9.96. The molecule has 5 heteroatoms. The van der Waals surface area contributed by atoms with Crippen molar-refractivity contribution in [2.45, 2.75) is 6.42 Å². The van der Waals surface area contributed by atoms with Gasteiger partial charge in [-0.1, -0.05) is 30.3 Å². The minimum absolute atomic E-state index is 0.00931. The number of rotatable bonds is 4. The Kier molecular flexibility index (Phi) is 3.39. The third kappa shape index (κ3) is 2.33. The van der Waals surface area contributed by atoms with Gasteiger partial charge in [-0.25, -0.2) is 0 Å². The number of carbonyl (C=O) groups excluding carboxylic acids is 1. The number of phenolic OH excluding ortho intramolecular Hbond substituents is 1. The number of furan rings is 1. The maximum atomic E-state index is 12.6. The van der Waals surface area contributed by atoms with Gasteiger partial charge in [0.2, 0.25) is 5.78 Å². The first-order valence-corrected chi connectivity index (χ1v) is 6.61. The second-order valence-corrected chi connectivity index (χ2v) is 4.86. The van der Waals surface area contributed by atoms with Crippen molar-refractivity contribution in [2.75, 3.05) is 0 Å². The first kappa shape index (κ1) is 13.9. The molecule has 1 aromatic heterocycles. The van der Waals surface area contributed by atoms with E-state index in [1.807, 2.05) is 0 Å². The van der Waals surface area contributed by atoms with E-state index in [1.54, 1.807) is 36.4 Å². The third-order valence-corrected chi connectivity index (χ3v) is 3.40. The number of hydrogen-bond donors (Lipinski definition) is 2. The normalized spacial score (nSPS) is 10.7. The Hall–Kier alpha value is -3.08. The van der Waals surface area contributed by atoms with Crippen molar-refractivity contribution in [1.29, 1.82) is 0 Å². The average Bonchev–Trinajstić information content (AvgIpc) is 2.95. The Morgan fingerprint density at radius 3 is 2.50 bits per heavy atom. The van der Waals surface area contributed by atoms with Gasteiger partial charge in [-0.2, -0.15) is 0 Å². The van der Waals surface area contributed by atoms with Crippen molar-refractivity contribution < 1.29 is 24.2 Å². The number of carbonyl (C=O) groups is 2. The van der Waals surface area contributed by atoms with Crippen LogP contribution in [0.25, 0.3) is 11.0 Å². The highest BCUT2D eigenvalue weighted by atomic mass is 16.4. The molecule has 0 aliphatic heterocycles. The van der Waals surface area contributed by atoms with Gasteiger partial charge in [-0.15, -0.1) is 0 Å². The molecule has 0 radical (unpaired) electrons. The van der Waals surface area contributed by atoms with Crippen molar-refractivity contribution in [3.63, 3.8) is 0 Å². The molecule has 110 valence electrons. The largest absolute Gasteiger partial charge is 0.507 e. The molecule has 0 spiro atoms. The fraction of sp³-hybridized carbons (Fsp3) is 0.0588. The molecule has 22 heavy (non-hydrogen) atoms. The predicted octanol–water partition coefficient (Wildman–Crippen LogP) is 3.00. The van der Waals surface area contributed by atoms with Crippen molar-refractivity contribution >= 4 is 22.7 Å². The standard InChI is InChI=1S/C17H12O5/c18-13(19)9-12-8-11-6-7-22-17(11)14(16(12)21)15(20)10-4-2-1-3-5-10/h1-8,21H,9H2,(H,18,19). The molecule has 2 aromatic carbocycles. The van der Waals surface area contributed by atoms with E-state index in [4.69, 9.17) is 9.52 Å². The number of aromatic hydroxyl groups is 1. The first-order valence-electron chi connectivity index (χ1n) is 6.61. The second kappa shape index (κ2) is 5.37. The summed E-state index contributed by atoms with van der Waals surface area (Å²) in [5.74, 6) is -1.85. The van der Waals surface area contributed by atoms with Crippen LogP contribution >= 0.6 is 0 Å². The summed E-state index contributed by atoms with van der Waals surface area (Å²) in [6, 6.07) is 11.6. The monoisotopic (exact) mass is 296 g/mol. The van der Waals surface area contributed by atoms with E-state index >= 15 is 0 Å². The van der Waals surface area contributed by atoms with Gasteiger partial charge in [0.05, 0.1) is 12.7 Å². The molecule has 0 saturated carbocycles. The van der Waals surface area contributed by atoms with Crippen LogP contribution in [0.2, 0.25) is 0 Å². The van der Waals surface area contributed by atoms with Gasteiger partial charge in [0.1, 0.15) is 16.9 Å². The maximum Gasteiger partial charge on any atom is 0.307 e. The van der Waals surface area contributed by atoms with Crippen LogP contribution in [0.3, 0.4) is 0 Å². The van der Waals surface area contributed by atoms with Gasteiger partial charge in [0.25, 0.3) is 0 Å². The Morgan fingerprint density at radius 2 is 1.82 bits per heavy atom. The van der Waals surface area contributed by atoms with Gasteiger partial charge < -0.3 is 14.6 Å². The number of fused-ring (bicyclic) bond motifs is 1. The lowest BCUT2D eigenvalue weighted by molar-refractivity contribution is -0.136. The fourth-order valence-electron chi connectivity index (χ4n) is 2.40. The molecular formula is C17H12O5. The van der Waals surface area contributed by atoms with E-state index in [0.717, 1.165) is 0 Å². The van der Waals surface area contributed by atoms with E-state index in [-0.39, 0.29) is 28.9 Å². The molecule has 5 nitrogen and oxygen atoms in total. The molecule has 1 heterocycles. The lowest BCUT2D eigenvalue weighted by Gasteiger charge is -2.09. The van der Waals surface area contributed by atoms with Crippen LogP contribution in [-0.4, -0.2) is 22.0 Å². The van der Waals surface area contributed by atoms with Gasteiger partial charge in [-0.05, 0) is 12.1 Å². The van der Waals surface area contributed by atoms with Gasteiger partial charge in [-0.3, -0.25) is 9.59 Å². The van der Waals surface area contributed by atoms with E-state index in [0.29, 0.717) is 10.9 Å². The molecular weight excluding hydrogens is 284 g/mol. The van der Waals surface area contributed by atoms with Crippen LogP contribution in [-0.2, 0) is 11.2 Å². The second-order valence-electron chi connectivity index (χ2n) is 4.86. The summed E-state index contributed by atoms with van der Waals surface area (Å²) >= 11 is 0. The zero-order valence-corrected chi connectivity index (χ0v) is 11.4. The van der Waals surface area contributed by atoms with Crippen molar-refractivity contribution in [3.05, 3.63) is 65.4 Å².